The molecule has 0 fully saturated rings. The summed E-state index contributed by atoms with van der Waals surface area (Å²) in [4.78, 5) is 10.6. The normalized spacial score (nSPS) is 10.4. The zero-order valence-electron chi connectivity index (χ0n) is 11.4. The molecule has 21 heavy (non-hydrogen) atoms. The molecule has 0 spiro atoms. The number of hydrogen-bond acceptors (Lipinski definition) is 3. The summed E-state index contributed by atoms with van der Waals surface area (Å²) in [6, 6.07) is 10.3. The number of hydrogen-bond donors (Lipinski definition) is 1. The Morgan fingerprint density at radius 1 is 1.19 bits per heavy atom. The van der Waals surface area contributed by atoms with Gasteiger partial charge in [-0.05, 0) is 31.0 Å². The molecular formula is C15H14Cl2N2O2. The summed E-state index contributed by atoms with van der Waals surface area (Å²) in [5.41, 5.74) is 2.45. The maximum atomic E-state index is 10.9. The lowest BCUT2D eigenvalue weighted by atomic mass is 10.1. The molecule has 0 atom stereocenters. The van der Waals surface area contributed by atoms with Crippen LogP contribution in [0.15, 0.2) is 36.4 Å². The number of halogens is 2. The molecule has 4 nitrogen and oxygen atoms in total. The number of aryl methyl sites for hydroxylation is 1. The smallest absolute Gasteiger partial charge is 0.272 e. The highest BCUT2D eigenvalue weighted by Gasteiger charge is 2.12. The molecule has 0 saturated heterocycles. The molecule has 0 radical (unpaired) electrons. The van der Waals surface area contributed by atoms with Crippen LogP contribution in [0.4, 0.5) is 11.4 Å². The van der Waals surface area contributed by atoms with Gasteiger partial charge in [-0.1, -0.05) is 41.4 Å². The van der Waals surface area contributed by atoms with Crippen molar-refractivity contribution >= 4 is 34.6 Å². The maximum absolute atomic E-state index is 10.9. The molecule has 0 bridgehead atoms. The number of nitrogens with zero attached hydrogens (tertiary/aromatic N) is 1. The minimum absolute atomic E-state index is 0.132. The lowest BCUT2D eigenvalue weighted by molar-refractivity contribution is -0.385. The highest BCUT2D eigenvalue weighted by molar-refractivity contribution is 6.35. The molecule has 0 aliphatic heterocycles. The van der Waals surface area contributed by atoms with Crippen LogP contribution < -0.4 is 5.32 Å². The Hall–Kier alpha value is -1.78. The van der Waals surface area contributed by atoms with Gasteiger partial charge in [-0.25, -0.2) is 0 Å². The quantitative estimate of drug-likeness (QED) is 0.630. The van der Waals surface area contributed by atoms with Crippen molar-refractivity contribution in [2.45, 2.75) is 13.3 Å². The molecule has 2 aromatic carbocycles. The number of nitrogens with one attached hydrogen (secondary N) is 1. The average molecular weight is 325 g/mol. The molecule has 0 unspecified atom stereocenters. The molecular weight excluding hydrogens is 311 g/mol. The van der Waals surface area contributed by atoms with E-state index >= 15 is 0 Å². The van der Waals surface area contributed by atoms with E-state index in [2.05, 4.69) is 5.32 Å². The van der Waals surface area contributed by atoms with Crippen molar-refractivity contribution in [2.24, 2.45) is 0 Å². The Labute approximate surface area is 132 Å². The lowest BCUT2D eigenvalue weighted by Crippen LogP contribution is -2.07. The van der Waals surface area contributed by atoms with Gasteiger partial charge in [0.2, 0.25) is 0 Å². The highest BCUT2D eigenvalue weighted by atomic mass is 35.5. The lowest BCUT2D eigenvalue weighted by Gasteiger charge is -2.10. The van der Waals surface area contributed by atoms with Crippen molar-refractivity contribution < 1.29 is 4.92 Å². The van der Waals surface area contributed by atoms with E-state index in [1.807, 2.05) is 6.92 Å². The Kier molecular flexibility index (Phi) is 5.04. The van der Waals surface area contributed by atoms with Gasteiger partial charge in [-0.15, -0.1) is 0 Å². The third-order valence-corrected chi connectivity index (χ3v) is 3.87. The first kappa shape index (κ1) is 15.6. The van der Waals surface area contributed by atoms with Crippen LogP contribution in [-0.2, 0) is 6.42 Å². The Morgan fingerprint density at radius 2 is 1.90 bits per heavy atom. The number of rotatable bonds is 5. The molecule has 110 valence electrons. The molecule has 0 amide bonds. The second-order valence-corrected chi connectivity index (χ2v) is 5.46. The SMILES string of the molecule is Cc1cc(Cl)c(NCCc2ccccc2[N+](=O)[O-])cc1Cl. The predicted octanol–water partition coefficient (Wildman–Crippen LogP) is 4.86. The molecule has 2 rings (SSSR count). The average Bonchev–Trinajstić information content (AvgIpc) is 2.44. The molecule has 6 heteroatoms. The van der Waals surface area contributed by atoms with Gasteiger partial charge in [0.05, 0.1) is 15.6 Å². The van der Waals surface area contributed by atoms with Crippen LogP contribution in [0, 0.1) is 17.0 Å². The molecule has 0 aromatic heterocycles. The molecule has 0 aliphatic rings. The summed E-state index contributed by atoms with van der Waals surface area (Å²) in [6.45, 7) is 2.41. The molecule has 0 heterocycles. The number of nitro benzene ring substituents is 1. The van der Waals surface area contributed by atoms with Crippen LogP contribution in [0.3, 0.4) is 0 Å². The summed E-state index contributed by atoms with van der Waals surface area (Å²) < 4.78 is 0. The predicted molar refractivity (Wildman–Crippen MR) is 86.5 cm³/mol. The van der Waals surface area contributed by atoms with Crippen molar-refractivity contribution in [1.82, 2.24) is 0 Å². The fourth-order valence-corrected chi connectivity index (χ4v) is 2.46. The van der Waals surface area contributed by atoms with Gasteiger partial charge in [-0.3, -0.25) is 10.1 Å². The number of anilines is 1. The van der Waals surface area contributed by atoms with Gasteiger partial charge in [0.1, 0.15) is 0 Å². The van der Waals surface area contributed by atoms with Gasteiger partial charge >= 0.3 is 0 Å². The first-order valence-corrected chi connectivity index (χ1v) is 7.16. The first-order valence-electron chi connectivity index (χ1n) is 6.41. The zero-order valence-corrected chi connectivity index (χ0v) is 12.9. The fourth-order valence-electron chi connectivity index (χ4n) is 2.01. The van der Waals surface area contributed by atoms with E-state index in [0.29, 0.717) is 28.6 Å². The summed E-state index contributed by atoms with van der Waals surface area (Å²) in [5.74, 6) is 0. The Bertz CT molecular complexity index is 675. The van der Waals surface area contributed by atoms with Crippen molar-refractivity contribution in [3.63, 3.8) is 0 Å². The second-order valence-electron chi connectivity index (χ2n) is 4.64. The fraction of sp³-hybridized carbons (Fsp3) is 0.200. The monoisotopic (exact) mass is 324 g/mol. The minimum Gasteiger partial charge on any atom is -0.383 e. The summed E-state index contributed by atoms with van der Waals surface area (Å²) in [5, 5.41) is 15.3. The van der Waals surface area contributed by atoms with Crippen molar-refractivity contribution in [2.75, 3.05) is 11.9 Å². The summed E-state index contributed by atoms with van der Waals surface area (Å²) >= 11 is 12.2. The van der Waals surface area contributed by atoms with Crippen LogP contribution in [0.5, 0.6) is 0 Å². The van der Waals surface area contributed by atoms with Crippen LogP contribution in [0.1, 0.15) is 11.1 Å². The van der Waals surface area contributed by atoms with E-state index in [4.69, 9.17) is 23.2 Å². The van der Waals surface area contributed by atoms with E-state index in [1.165, 1.54) is 6.07 Å². The van der Waals surface area contributed by atoms with Gasteiger partial charge in [-0.2, -0.15) is 0 Å². The molecule has 2 aromatic rings. The Balaban J connectivity index is 2.06. The van der Waals surface area contributed by atoms with Gasteiger partial charge in [0, 0.05) is 23.2 Å². The highest BCUT2D eigenvalue weighted by Crippen LogP contribution is 2.29. The van der Waals surface area contributed by atoms with Crippen LogP contribution in [0.2, 0.25) is 10.0 Å². The van der Waals surface area contributed by atoms with E-state index in [9.17, 15) is 10.1 Å². The van der Waals surface area contributed by atoms with Gasteiger partial charge in [0.25, 0.3) is 5.69 Å². The third kappa shape index (κ3) is 3.86. The molecule has 0 aliphatic carbocycles. The number of benzene rings is 2. The zero-order chi connectivity index (χ0) is 15.4. The third-order valence-electron chi connectivity index (χ3n) is 3.15. The van der Waals surface area contributed by atoms with Crippen LogP contribution in [0.25, 0.3) is 0 Å². The van der Waals surface area contributed by atoms with Gasteiger partial charge in [0.15, 0.2) is 0 Å². The van der Waals surface area contributed by atoms with E-state index < -0.39 is 0 Å². The van der Waals surface area contributed by atoms with E-state index in [1.54, 1.807) is 30.3 Å². The van der Waals surface area contributed by atoms with Crippen LogP contribution in [-0.4, -0.2) is 11.5 Å². The Morgan fingerprint density at radius 3 is 2.62 bits per heavy atom. The standard InChI is InChI=1S/C15H14Cl2N2O2/c1-10-8-13(17)14(9-12(10)16)18-7-6-11-4-2-3-5-15(11)19(20)21/h2-5,8-9,18H,6-7H2,1H3. The van der Waals surface area contributed by atoms with Crippen molar-refractivity contribution in [1.29, 1.82) is 0 Å². The second kappa shape index (κ2) is 6.78. The summed E-state index contributed by atoms with van der Waals surface area (Å²) in [6.07, 6.45) is 0.527. The topological polar surface area (TPSA) is 55.2 Å². The maximum Gasteiger partial charge on any atom is 0.272 e. The largest absolute Gasteiger partial charge is 0.383 e. The van der Waals surface area contributed by atoms with Crippen molar-refractivity contribution in [3.8, 4) is 0 Å². The first-order chi connectivity index (χ1) is 9.99. The molecule has 1 N–H and O–H groups in total. The van der Waals surface area contributed by atoms with Gasteiger partial charge < -0.3 is 5.32 Å². The van der Waals surface area contributed by atoms with Crippen LogP contribution >= 0.6 is 23.2 Å². The van der Waals surface area contributed by atoms with E-state index in [0.717, 1.165) is 11.3 Å². The number of nitro groups is 1. The summed E-state index contributed by atoms with van der Waals surface area (Å²) in [7, 11) is 0. The minimum atomic E-state index is -0.370. The number of para-hydroxylation sites is 1. The van der Waals surface area contributed by atoms with E-state index in [-0.39, 0.29) is 10.6 Å². The van der Waals surface area contributed by atoms with Crippen molar-refractivity contribution in [3.05, 3.63) is 67.7 Å². The molecule has 0 saturated carbocycles.